The molecular weight excluding hydrogens is 401 g/mol. The molecule has 3 aromatic rings. The third kappa shape index (κ3) is 4.07. The molecule has 0 aliphatic rings. The van der Waals surface area contributed by atoms with Crippen molar-refractivity contribution in [1.82, 2.24) is 15.3 Å². The quantitative estimate of drug-likeness (QED) is 0.590. The van der Waals surface area contributed by atoms with Gasteiger partial charge >= 0.3 is 0 Å². The summed E-state index contributed by atoms with van der Waals surface area (Å²) in [5.74, 6) is 0.732. The third-order valence-electron chi connectivity index (χ3n) is 4.08. The molecule has 0 spiro atoms. The fraction of sp³-hybridized carbons (Fsp3) is 0.211. The topological polar surface area (TPSA) is 62.3 Å². The van der Waals surface area contributed by atoms with Gasteiger partial charge in [-0.05, 0) is 43.4 Å². The maximum absolute atomic E-state index is 13.4. The highest BCUT2D eigenvalue weighted by Crippen LogP contribution is 2.35. The second-order valence-corrected chi connectivity index (χ2v) is 6.65. The van der Waals surface area contributed by atoms with Crippen LogP contribution in [0.3, 0.4) is 0 Å². The summed E-state index contributed by atoms with van der Waals surface area (Å²) in [6, 6.07) is 8.13. The number of halogens is 2. The number of hydrogen-bond donors (Lipinski definition) is 2. The Kier molecular flexibility index (Phi) is 6.11. The van der Waals surface area contributed by atoms with Crippen molar-refractivity contribution >= 4 is 57.0 Å². The average Bonchev–Trinajstić information content (AvgIpc) is 2.69. The number of hydrogen-bond acceptors (Lipinski definition) is 5. The van der Waals surface area contributed by atoms with Gasteiger partial charge in [0.05, 0.1) is 22.8 Å². The van der Waals surface area contributed by atoms with Crippen LogP contribution in [-0.4, -0.2) is 35.8 Å². The minimum atomic E-state index is -0.481. The molecule has 0 amide bonds. The molecule has 0 saturated carbocycles. The zero-order chi connectivity index (χ0) is 20.3. The van der Waals surface area contributed by atoms with Gasteiger partial charge in [0.25, 0.3) is 0 Å². The Labute approximate surface area is 172 Å². The van der Waals surface area contributed by atoms with Crippen molar-refractivity contribution in [2.45, 2.75) is 6.92 Å². The SMILES string of the molecule is CCOc1cc2ncnc(Nc3ccc(F)c(Cl)c3)c2cc1N(C)C(=S)NC. The molecule has 0 aliphatic heterocycles. The van der Waals surface area contributed by atoms with Crippen LogP contribution in [0.2, 0.25) is 5.02 Å². The molecule has 1 heterocycles. The number of benzene rings is 2. The number of fused-ring (bicyclic) bond motifs is 1. The molecule has 6 nitrogen and oxygen atoms in total. The van der Waals surface area contributed by atoms with Gasteiger partial charge in [-0.1, -0.05) is 11.6 Å². The van der Waals surface area contributed by atoms with Crippen molar-refractivity contribution in [3.8, 4) is 5.75 Å². The molecule has 1 aromatic heterocycles. The number of rotatable bonds is 5. The van der Waals surface area contributed by atoms with Crippen LogP contribution in [0.15, 0.2) is 36.7 Å². The van der Waals surface area contributed by atoms with Gasteiger partial charge in [-0.2, -0.15) is 0 Å². The van der Waals surface area contributed by atoms with E-state index in [1.54, 1.807) is 13.1 Å². The van der Waals surface area contributed by atoms with E-state index in [1.165, 1.54) is 18.5 Å². The zero-order valence-corrected chi connectivity index (χ0v) is 17.2. The molecule has 28 heavy (non-hydrogen) atoms. The lowest BCUT2D eigenvalue weighted by Gasteiger charge is -2.23. The van der Waals surface area contributed by atoms with E-state index in [2.05, 4.69) is 20.6 Å². The maximum Gasteiger partial charge on any atom is 0.173 e. The summed E-state index contributed by atoms with van der Waals surface area (Å²) in [5.41, 5.74) is 2.08. The molecule has 9 heteroatoms. The highest BCUT2D eigenvalue weighted by Gasteiger charge is 2.16. The minimum absolute atomic E-state index is 0.0294. The number of anilines is 3. The Morgan fingerprint density at radius 2 is 2.07 bits per heavy atom. The van der Waals surface area contributed by atoms with Gasteiger partial charge in [-0.3, -0.25) is 0 Å². The number of nitrogens with one attached hydrogen (secondary N) is 2. The second-order valence-electron chi connectivity index (χ2n) is 5.86. The summed E-state index contributed by atoms with van der Waals surface area (Å²) in [7, 11) is 3.60. The fourth-order valence-corrected chi connectivity index (χ4v) is 2.97. The monoisotopic (exact) mass is 419 g/mol. The smallest absolute Gasteiger partial charge is 0.173 e. The van der Waals surface area contributed by atoms with Crippen LogP contribution in [0.1, 0.15) is 6.92 Å². The molecule has 0 radical (unpaired) electrons. The van der Waals surface area contributed by atoms with Crippen molar-refractivity contribution in [3.05, 3.63) is 47.5 Å². The number of thiocarbonyl (C=S) groups is 1. The Hall–Kier alpha value is -2.71. The molecule has 0 fully saturated rings. The lowest BCUT2D eigenvalue weighted by molar-refractivity contribution is 0.341. The third-order valence-corrected chi connectivity index (χ3v) is 4.85. The Balaban J connectivity index is 2.11. The predicted octanol–water partition coefficient (Wildman–Crippen LogP) is 4.51. The van der Waals surface area contributed by atoms with Crippen LogP contribution < -0.4 is 20.3 Å². The van der Waals surface area contributed by atoms with Gasteiger partial charge in [0.15, 0.2) is 5.11 Å². The van der Waals surface area contributed by atoms with Crippen molar-refractivity contribution < 1.29 is 9.13 Å². The summed E-state index contributed by atoms with van der Waals surface area (Å²) in [6.07, 6.45) is 1.45. The van der Waals surface area contributed by atoms with Gasteiger partial charge in [-0.15, -0.1) is 0 Å². The molecule has 2 N–H and O–H groups in total. The van der Waals surface area contributed by atoms with Crippen molar-refractivity contribution in [3.63, 3.8) is 0 Å². The highest BCUT2D eigenvalue weighted by molar-refractivity contribution is 7.80. The lowest BCUT2D eigenvalue weighted by Crippen LogP contribution is -2.34. The van der Waals surface area contributed by atoms with Gasteiger partial charge in [0.1, 0.15) is 23.7 Å². The normalized spacial score (nSPS) is 10.6. The summed E-state index contributed by atoms with van der Waals surface area (Å²) < 4.78 is 19.2. The first kappa shape index (κ1) is 20.0. The summed E-state index contributed by atoms with van der Waals surface area (Å²) >= 11 is 11.2. The molecule has 0 unspecified atom stereocenters. The number of nitrogens with zero attached hydrogens (tertiary/aromatic N) is 3. The highest BCUT2D eigenvalue weighted by atomic mass is 35.5. The molecule has 146 valence electrons. The van der Waals surface area contributed by atoms with E-state index in [9.17, 15) is 4.39 Å². The van der Waals surface area contributed by atoms with E-state index < -0.39 is 5.82 Å². The lowest BCUT2D eigenvalue weighted by atomic mass is 10.1. The van der Waals surface area contributed by atoms with E-state index in [0.29, 0.717) is 34.5 Å². The van der Waals surface area contributed by atoms with Gasteiger partial charge in [0, 0.05) is 31.2 Å². The van der Waals surface area contributed by atoms with Crippen LogP contribution in [0.5, 0.6) is 5.75 Å². The number of aromatic nitrogens is 2. The second kappa shape index (κ2) is 8.53. The van der Waals surface area contributed by atoms with Gasteiger partial charge in [-0.25, -0.2) is 14.4 Å². The van der Waals surface area contributed by atoms with E-state index in [0.717, 1.165) is 11.1 Å². The maximum atomic E-state index is 13.4. The molecule has 3 rings (SSSR count). The Morgan fingerprint density at radius 1 is 1.29 bits per heavy atom. The zero-order valence-electron chi connectivity index (χ0n) is 15.6. The molecule has 2 aromatic carbocycles. The summed E-state index contributed by atoms with van der Waals surface area (Å²) in [4.78, 5) is 10.5. The number of ether oxygens (including phenoxy) is 1. The van der Waals surface area contributed by atoms with E-state index in [-0.39, 0.29) is 5.02 Å². The van der Waals surface area contributed by atoms with E-state index >= 15 is 0 Å². The molecule has 0 bridgehead atoms. The van der Waals surface area contributed by atoms with Crippen LogP contribution in [0.25, 0.3) is 10.9 Å². The molecule has 0 saturated heterocycles. The molecule has 0 atom stereocenters. The summed E-state index contributed by atoms with van der Waals surface area (Å²) in [5, 5.41) is 7.44. The minimum Gasteiger partial charge on any atom is -0.492 e. The van der Waals surface area contributed by atoms with Gasteiger partial charge < -0.3 is 20.3 Å². The van der Waals surface area contributed by atoms with Crippen LogP contribution in [0.4, 0.5) is 21.6 Å². The fourth-order valence-electron chi connectivity index (χ4n) is 2.69. The van der Waals surface area contributed by atoms with Crippen molar-refractivity contribution in [2.75, 3.05) is 30.9 Å². The first-order valence-corrected chi connectivity index (χ1v) is 9.32. The molecule has 0 aliphatic carbocycles. The van der Waals surface area contributed by atoms with Gasteiger partial charge in [0.2, 0.25) is 0 Å². The van der Waals surface area contributed by atoms with Crippen molar-refractivity contribution in [2.24, 2.45) is 0 Å². The van der Waals surface area contributed by atoms with Crippen LogP contribution in [0, 0.1) is 5.82 Å². The molecular formula is C19H19ClFN5OS. The standard InChI is InChI=1S/C19H19ClFN5OS/c1-4-27-17-9-15-12(8-16(17)26(3)19(28)22-2)18(24-10-23-15)25-11-5-6-14(21)13(20)7-11/h5-10H,4H2,1-3H3,(H,22,28)(H,23,24,25). The Morgan fingerprint density at radius 3 is 2.75 bits per heavy atom. The van der Waals surface area contributed by atoms with Crippen molar-refractivity contribution in [1.29, 1.82) is 0 Å². The van der Waals surface area contributed by atoms with E-state index in [4.69, 9.17) is 28.6 Å². The van der Waals surface area contributed by atoms with Crippen LogP contribution >= 0.6 is 23.8 Å². The first-order valence-electron chi connectivity index (χ1n) is 8.53. The predicted molar refractivity (Wildman–Crippen MR) is 115 cm³/mol. The Bertz CT molecular complexity index is 1030. The largest absolute Gasteiger partial charge is 0.492 e. The van der Waals surface area contributed by atoms with Crippen LogP contribution in [-0.2, 0) is 0 Å². The average molecular weight is 420 g/mol. The van der Waals surface area contributed by atoms with E-state index in [1.807, 2.05) is 31.0 Å². The first-order chi connectivity index (χ1) is 13.4. The summed E-state index contributed by atoms with van der Waals surface area (Å²) in [6.45, 7) is 2.42.